The summed E-state index contributed by atoms with van der Waals surface area (Å²) in [6.07, 6.45) is 4.29. The van der Waals surface area contributed by atoms with Gasteiger partial charge in [-0.25, -0.2) is 0 Å². The Balaban J connectivity index is 2.14. The Bertz CT molecular complexity index is 887. The van der Waals surface area contributed by atoms with E-state index in [4.69, 9.17) is 23.7 Å². The number of benzene rings is 1. The van der Waals surface area contributed by atoms with Gasteiger partial charge < -0.3 is 23.7 Å². The average molecular weight is 415 g/mol. The molecule has 30 heavy (non-hydrogen) atoms. The Morgan fingerprint density at radius 1 is 1.13 bits per heavy atom. The molecule has 0 aromatic heterocycles. The molecule has 0 bridgehead atoms. The number of rotatable bonds is 7. The zero-order valence-corrected chi connectivity index (χ0v) is 18.4. The van der Waals surface area contributed by atoms with E-state index in [1.807, 2.05) is 25.1 Å². The van der Waals surface area contributed by atoms with E-state index in [1.165, 1.54) is 6.40 Å². The lowest BCUT2D eigenvalue weighted by molar-refractivity contribution is -0.119. The predicted octanol–water partition coefficient (Wildman–Crippen LogP) is 4.38. The molecule has 0 amide bonds. The molecule has 2 aliphatic rings. The van der Waals surface area contributed by atoms with Crippen LogP contribution in [-0.2, 0) is 14.3 Å². The summed E-state index contributed by atoms with van der Waals surface area (Å²) < 4.78 is 27.7. The second-order valence-corrected chi connectivity index (χ2v) is 8.01. The van der Waals surface area contributed by atoms with Gasteiger partial charge in [-0.15, -0.1) is 0 Å². The second kappa shape index (κ2) is 8.81. The fourth-order valence-corrected chi connectivity index (χ4v) is 3.88. The molecule has 1 aliphatic carbocycles. The quantitative estimate of drug-likeness (QED) is 0.486. The number of Topliss-reactive ketones (excluding diaryl/α,β-unsaturated/α-hetero) is 1. The standard InChI is InChI=1S/C23H29NO6/c1-7-29-13-24-20-10-15(21-16(25)11-23(2,3)12-19(21)30-20)14-8-17(26-4)22(28-6)18(9-14)27-5/h8-10,13,15H,7,11-12H2,1-6H3/b24-13+. The third kappa shape index (κ3) is 4.30. The SMILES string of the molecule is CCO/C=N/C1=CC(c2cc(OC)c(OC)c(OC)c2)C2=C(CC(C)(C)CC2=O)O1. The van der Waals surface area contributed by atoms with Gasteiger partial charge in [0.25, 0.3) is 0 Å². The molecule has 0 saturated heterocycles. The summed E-state index contributed by atoms with van der Waals surface area (Å²) in [5.41, 5.74) is 1.30. The number of carbonyl (C=O) groups excluding carboxylic acids is 1. The Labute approximate surface area is 177 Å². The molecule has 1 atom stereocenters. The zero-order chi connectivity index (χ0) is 21.9. The highest BCUT2D eigenvalue weighted by atomic mass is 16.5. The molecular formula is C23H29NO6. The fraction of sp³-hybridized carbons (Fsp3) is 0.478. The minimum atomic E-state index is -0.347. The summed E-state index contributed by atoms with van der Waals surface area (Å²) in [5, 5.41) is 0. The second-order valence-electron chi connectivity index (χ2n) is 8.01. The Morgan fingerprint density at radius 2 is 1.80 bits per heavy atom. The Morgan fingerprint density at radius 3 is 2.37 bits per heavy atom. The van der Waals surface area contributed by atoms with Crippen LogP contribution in [0.5, 0.6) is 17.2 Å². The third-order valence-electron chi connectivity index (χ3n) is 5.19. The van der Waals surface area contributed by atoms with Crippen LogP contribution in [0.25, 0.3) is 0 Å². The minimum absolute atomic E-state index is 0.0732. The first-order chi connectivity index (χ1) is 14.3. The molecule has 0 saturated carbocycles. The summed E-state index contributed by atoms with van der Waals surface area (Å²) in [6, 6.07) is 3.71. The van der Waals surface area contributed by atoms with Crippen LogP contribution in [0.1, 0.15) is 45.1 Å². The first-order valence-corrected chi connectivity index (χ1v) is 9.93. The van der Waals surface area contributed by atoms with Gasteiger partial charge in [0.05, 0.1) is 27.9 Å². The number of carbonyl (C=O) groups is 1. The molecule has 0 fully saturated rings. The maximum atomic E-state index is 13.1. The van der Waals surface area contributed by atoms with Crippen molar-refractivity contribution in [1.82, 2.24) is 0 Å². The van der Waals surface area contributed by atoms with E-state index in [0.29, 0.717) is 53.9 Å². The van der Waals surface area contributed by atoms with Gasteiger partial charge >= 0.3 is 0 Å². The van der Waals surface area contributed by atoms with Gasteiger partial charge in [0, 0.05) is 24.3 Å². The smallest absolute Gasteiger partial charge is 0.218 e. The maximum Gasteiger partial charge on any atom is 0.218 e. The van der Waals surface area contributed by atoms with Crippen molar-refractivity contribution in [2.24, 2.45) is 10.4 Å². The first-order valence-electron chi connectivity index (χ1n) is 9.93. The molecule has 1 unspecified atom stereocenters. The van der Waals surface area contributed by atoms with Crippen LogP contribution in [0.3, 0.4) is 0 Å². The number of methoxy groups -OCH3 is 3. The molecule has 7 nitrogen and oxygen atoms in total. The van der Waals surface area contributed by atoms with E-state index >= 15 is 0 Å². The van der Waals surface area contributed by atoms with Crippen LogP contribution < -0.4 is 14.2 Å². The van der Waals surface area contributed by atoms with Crippen molar-refractivity contribution < 1.29 is 28.5 Å². The number of hydrogen-bond acceptors (Lipinski definition) is 7. The van der Waals surface area contributed by atoms with Crippen molar-refractivity contribution in [2.45, 2.75) is 39.5 Å². The molecule has 1 aromatic carbocycles. The highest BCUT2D eigenvalue weighted by molar-refractivity contribution is 5.99. The highest BCUT2D eigenvalue weighted by Crippen LogP contribution is 2.48. The van der Waals surface area contributed by atoms with E-state index < -0.39 is 0 Å². The summed E-state index contributed by atoms with van der Waals surface area (Å²) in [5.74, 6) is 2.32. The van der Waals surface area contributed by atoms with Gasteiger partial charge in [-0.1, -0.05) is 13.8 Å². The van der Waals surface area contributed by atoms with Gasteiger partial charge in [-0.05, 0) is 36.1 Å². The van der Waals surface area contributed by atoms with Crippen LogP contribution in [0, 0.1) is 5.41 Å². The zero-order valence-electron chi connectivity index (χ0n) is 18.4. The number of ether oxygens (including phenoxy) is 5. The van der Waals surface area contributed by atoms with Crippen molar-refractivity contribution in [3.63, 3.8) is 0 Å². The molecule has 1 heterocycles. The number of nitrogens with zero attached hydrogens (tertiary/aromatic N) is 1. The first kappa shape index (κ1) is 21.7. The number of ketones is 1. The molecule has 1 aromatic rings. The lowest BCUT2D eigenvalue weighted by Gasteiger charge is -2.36. The van der Waals surface area contributed by atoms with Gasteiger partial charge in [0.2, 0.25) is 11.6 Å². The van der Waals surface area contributed by atoms with Gasteiger partial charge in [0.1, 0.15) is 5.76 Å². The van der Waals surface area contributed by atoms with Crippen LogP contribution in [0.2, 0.25) is 0 Å². The fourth-order valence-electron chi connectivity index (χ4n) is 3.88. The summed E-state index contributed by atoms with van der Waals surface area (Å²) in [7, 11) is 4.69. The van der Waals surface area contributed by atoms with Crippen LogP contribution >= 0.6 is 0 Å². The van der Waals surface area contributed by atoms with Crippen LogP contribution in [0.4, 0.5) is 0 Å². The van der Waals surface area contributed by atoms with Gasteiger partial charge in [0.15, 0.2) is 23.7 Å². The van der Waals surface area contributed by atoms with E-state index in [0.717, 1.165) is 5.56 Å². The Hall–Kier alpha value is -2.96. The highest BCUT2D eigenvalue weighted by Gasteiger charge is 2.40. The number of hydrogen-bond donors (Lipinski definition) is 0. The van der Waals surface area contributed by atoms with Crippen molar-refractivity contribution in [3.05, 3.63) is 41.0 Å². The summed E-state index contributed by atoms with van der Waals surface area (Å²) in [6.45, 7) is 6.51. The third-order valence-corrected chi connectivity index (χ3v) is 5.19. The molecule has 0 spiro atoms. The van der Waals surface area contributed by atoms with Crippen molar-refractivity contribution in [1.29, 1.82) is 0 Å². The number of aliphatic imine (C=N–C) groups is 1. The normalized spacial score (nSPS) is 20.4. The average Bonchev–Trinajstić information content (AvgIpc) is 2.71. The molecule has 0 radical (unpaired) electrons. The molecule has 1 aliphatic heterocycles. The maximum absolute atomic E-state index is 13.1. The minimum Gasteiger partial charge on any atom is -0.493 e. The van der Waals surface area contributed by atoms with Gasteiger partial charge in [-0.3, -0.25) is 4.79 Å². The molecule has 162 valence electrons. The number of allylic oxidation sites excluding steroid dienone is 3. The van der Waals surface area contributed by atoms with Crippen molar-refractivity contribution in [2.75, 3.05) is 27.9 Å². The predicted molar refractivity (Wildman–Crippen MR) is 113 cm³/mol. The van der Waals surface area contributed by atoms with Gasteiger partial charge in [-0.2, -0.15) is 4.99 Å². The van der Waals surface area contributed by atoms with E-state index in [1.54, 1.807) is 21.3 Å². The van der Waals surface area contributed by atoms with E-state index in [2.05, 4.69) is 18.8 Å². The largest absolute Gasteiger partial charge is 0.493 e. The lowest BCUT2D eigenvalue weighted by Crippen LogP contribution is -2.30. The van der Waals surface area contributed by atoms with Crippen molar-refractivity contribution >= 4 is 12.2 Å². The lowest BCUT2D eigenvalue weighted by atomic mass is 9.72. The summed E-state index contributed by atoms with van der Waals surface area (Å²) >= 11 is 0. The molecule has 7 heteroatoms. The summed E-state index contributed by atoms with van der Waals surface area (Å²) in [4.78, 5) is 17.4. The monoisotopic (exact) mass is 415 g/mol. The van der Waals surface area contributed by atoms with E-state index in [-0.39, 0.29) is 17.1 Å². The molecular weight excluding hydrogens is 386 g/mol. The van der Waals surface area contributed by atoms with E-state index in [9.17, 15) is 4.79 Å². The van der Waals surface area contributed by atoms with Crippen LogP contribution in [-0.4, -0.2) is 40.1 Å². The van der Waals surface area contributed by atoms with Crippen molar-refractivity contribution in [3.8, 4) is 17.2 Å². The molecule has 3 rings (SSSR count). The topological polar surface area (TPSA) is 75.6 Å². The Kier molecular flexibility index (Phi) is 6.39. The molecule has 0 N–H and O–H groups in total. The van der Waals surface area contributed by atoms with Crippen LogP contribution in [0.15, 0.2) is 40.4 Å².